The second-order valence-electron chi connectivity index (χ2n) is 5.43. The zero-order valence-electron chi connectivity index (χ0n) is 13.7. The average molecular weight is 401 g/mol. The summed E-state index contributed by atoms with van der Waals surface area (Å²) in [6.45, 7) is 0. The molecule has 0 bridgehead atoms. The second kappa shape index (κ2) is 8.09. The topological polar surface area (TPSA) is 66.0 Å². The normalized spacial score (nSPS) is 11.1. The molecule has 1 amide bonds. The van der Waals surface area contributed by atoms with E-state index in [2.05, 4.69) is 5.32 Å². The molecule has 4 nitrogen and oxygen atoms in total. The lowest BCUT2D eigenvalue weighted by Gasteiger charge is -2.06. The molecule has 3 aromatic rings. The summed E-state index contributed by atoms with van der Waals surface area (Å²) in [5, 5.41) is 12.5. The molecule has 0 aliphatic carbocycles. The molecule has 0 radical (unpaired) electrons. The number of halogens is 3. The number of hydrogen-bond acceptors (Lipinski definition) is 3. The van der Waals surface area contributed by atoms with Gasteiger partial charge in [0.05, 0.1) is 16.3 Å². The van der Waals surface area contributed by atoms with E-state index in [-0.39, 0.29) is 27.7 Å². The maximum Gasteiger partial charge on any atom is 0.266 e. The molecular weight excluding hydrogens is 390 g/mol. The van der Waals surface area contributed by atoms with E-state index in [1.807, 2.05) is 6.07 Å². The van der Waals surface area contributed by atoms with Gasteiger partial charge in [-0.25, -0.2) is 4.39 Å². The molecule has 0 unspecified atom stereocenters. The van der Waals surface area contributed by atoms with Crippen molar-refractivity contribution in [2.45, 2.75) is 0 Å². The van der Waals surface area contributed by atoms with Crippen LogP contribution in [0.1, 0.15) is 5.76 Å². The van der Waals surface area contributed by atoms with Gasteiger partial charge in [0.2, 0.25) is 0 Å². The van der Waals surface area contributed by atoms with Crippen molar-refractivity contribution in [3.63, 3.8) is 0 Å². The van der Waals surface area contributed by atoms with E-state index in [4.69, 9.17) is 27.6 Å². The largest absolute Gasteiger partial charge is 0.457 e. The van der Waals surface area contributed by atoms with Crippen molar-refractivity contribution in [3.8, 4) is 17.4 Å². The Morgan fingerprint density at radius 2 is 1.93 bits per heavy atom. The number of benzene rings is 2. The molecule has 0 fully saturated rings. The van der Waals surface area contributed by atoms with Crippen LogP contribution in [0.4, 0.5) is 10.1 Å². The van der Waals surface area contributed by atoms with Gasteiger partial charge in [-0.05, 0) is 42.5 Å². The van der Waals surface area contributed by atoms with E-state index in [1.165, 1.54) is 24.3 Å². The molecular formula is C20H11Cl2FN2O2. The first-order valence-corrected chi connectivity index (χ1v) is 8.46. The Labute approximate surface area is 164 Å². The van der Waals surface area contributed by atoms with Crippen LogP contribution in [0.15, 0.2) is 64.6 Å². The van der Waals surface area contributed by atoms with E-state index in [0.29, 0.717) is 10.7 Å². The third-order valence-electron chi connectivity index (χ3n) is 3.60. The molecule has 1 N–H and O–H groups in total. The lowest BCUT2D eigenvalue weighted by molar-refractivity contribution is -0.112. The molecule has 0 aliphatic heterocycles. The van der Waals surface area contributed by atoms with Gasteiger partial charge in [-0.2, -0.15) is 5.26 Å². The number of nitriles is 1. The second-order valence-corrected chi connectivity index (χ2v) is 6.27. The van der Waals surface area contributed by atoms with Crippen LogP contribution in [0.3, 0.4) is 0 Å². The van der Waals surface area contributed by atoms with Crippen molar-refractivity contribution in [3.05, 3.63) is 81.8 Å². The summed E-state index contributed by atoms with van der Waals surface area (Å²) in [4.78, 5) is 12.3. The van der Waals surface area contributed by atoms with E-state index < -0.39 is 11.7 Å². The average Bonchev–Trinajstić information content (AvgIpc) is 3.10. The zero-order valence-corrected chi connectivity index (χ0v) is 15.2. The molecule has 134 valence electrons. The fraction of sp³-hybridized carbons (Fsp3) is 0. The van der Waals surface area contributed by atoms with Crippen LogP contribution in [0.5, 0.6) is 0 Å². The minimum atomic E-state index is -0.662. The number of carbonyl (C=O) groups excluding carboxylic acids is 1. The Kier molecular flexibility index (Phi) is 5.60. The van der Waals surface area contributed by atoms with Gasteiger partial charge >= 0.3 is 0 Å². The number of furan rings is 1. The molecule has 0 spiro atoms. The van der Waals surface area contributed by atoms with Crippen molar-refractivity contribution in [2.24, 2.45) is 0 Å². The summed E-state index contributed by atoms with van der Waals surface area (Å²) in [6.07, 6.45) is 1.27. The van der Waals surface area contributed by atoms with Crippen LogP contribution in [0.25, 0.3) is 17.4 Å². The van der Waals surface area contributed by atoms with Gasteiger partial charge in [0.25, 0.3) is 5.91 Å². The van der Waals surface area contributed by atoms with Crippen LogP contribution >= 0.6 is 23.2 Å². The fourth-order valence-electron chi connectivity index (χ4n) is 2.31. The third-order valence-corrected chi connectivity index (χ3v) is 4.14. The smallest absolute Gasteiger partial charge is 0.266 e. The molecule has 0 aliphatic rings. The Balaban J connectivity index is 1.83. The molecule has 27 heavy (non-hydrogen) atoms. The predicted octanol–water partition coefficient (Wildman–Crippen LogP) is 5.94. The molecule has 0 atom stereocenters. The number of hydrogen-bond donors (Lipinski definition) is 1. The highest BCUT2D eigenvalue weighted by atomic mass is 35.5. The number of carbonyl (C=O) groups is 1. The van der Waals surface area contributed by atoms with Crippen molar-refractivity contribution >= 4 is 40.9 Å². The van der Waals surface area contributed by atoms with Gasteiger partial charge in [-0.15, -0.1) is 0 Å². The summed E-state index contributed by atoms with van der Waals surface area (Å²) in [5.74, 6) is -0.566. The van der Waals surface area contributed by atoms with Crippen molar-refractivity contribution in [1.82, 2.24) is 0 Å². The van der Waals surface area contributed by atoms with Crippen molar-refractivity contribution < 1.29 is 13.6 Å². The third kappa shape index (κ3) is 4.37. The van der Waals surface area contributed by atoms with Gasteiger partial charge in [0.1, 0.15) is 29.0 Å². The zero-order chi connectivity index (χ0) is 19.4. The van der Waals surface area contributed by atoms with Gasteiger partial charge in [-0.1, -0.05) is 35.3 Å². The summed E-state index contributed by atoms with van der Waals surface area (Å²) >= 11 is 11.8. The fourth-order valence-corrected chi connectivity index (χ4v) is 2.76. The first-order chi connectivity index (χ1) is 13.0. The molecule has 1 heterocycles. The van der Waals surface area contributed by atoms with Crippen LogP contribution < -0.4 is 5.32 Å². The maximum absolute atomic E-state index is 13.8. The molecule has 0 saturated carbocycles. The van der Waals surface area contributed by atoms with Gasteiger partial charge in [-0.3, -0.25) is 4.79 Å². The molecule has 3 rings (SSSR count). The summed E-state index contributed by atoms with van der Waals surface area (Å²) in [6, 6.07) is 15.6. The van der Waals surface area contributed by atoms with E-state index >= 15 is 0 Å². The van der Waals surface area contributed by atoms with Gasteiger partial charge in [0, 0.05) is 11.1 Å². The monoisotopic (exact) mass is 400 g/mol. The highest BCUT2D eigenvalue weighted by Gasteiger charge is 2.14. The predicted molar refractivity (Wildman–Crippen MR) is 103 cm³/mol. The van der Waals surface area contributed by atoms with Crippen LogP contribution in [0, 0.1) is 17.1 Å². The van der Waals surface area contributed by atoms with E-state index in [9.17, 15) is 14.4 Å². The molecule has 1 aromatic heterocycles. The Hall–Kier alpha value is -3.07. The minimum absolute atomic E-state index is 0.199. The standard InChI is InChI=1S/C20H11Cl2FN2O2/c21-13-5-7-18(16(22)10-13)25-20(26)12(11-24)9-14-6-8-19(27-14)15-3-1-2-4-17(15)23/h1-10H,(H,25,26)/b12-9+. The first kappa shape index (κ1) is 18.7. The van der Waals surface area contributed by atoms with Crippen LogP contribution in [-0.4, -0.2) is 5.91 Å². The maximum atomic E-state index is 13.8. The van der Waals surface area contributed by atoms with Crippen LogP contribution in [-0.2, 0) is 4.79 Å². The lowest BCUT2D eigenvalue weighted by atomic mass is 10.1. The van der Waals surface area contributed by atoms with Gasteiger partial charge in [0.15, 0.2) is 0 Å². The molecule has 7 heteroatoms. The highest BCUT2D eigenvalue weighted by Crippen LogP contribution is 2.27. The number of nitrogens with zero attached hydrogens (tertiary/aromatic N) is 1. The summed E-state index contributed by atoms with van der Waals surface area (Å²) in [5.41, 5.74) is 0.405. The molecule has 2 aromatic carbocycles. The summed E-state index contributed by atoms with van der Waals surface area (Å²) < 4.78 is 19.4. The number of rotatable bonds is 4. The highest BCUT2D eigenvalue weighted by molar-refractivity contribution is 6.36. The first-order valence-electron chi connectivity index (χ1n) is 7.71. The van der Waals surface area contributed by atoms with Crippen molar-refractivity contribution in [2.75, 3.05) is 5.32 Å². The van der Waals surface area contributed by atoms with Crippen molar-refractivity contribution in [1.29, 1.82) is 5.26 Å². The van der Waals surface area contributed by atoms with E-state index in [0.717, 1.165) is 0 Å². The van der Waals surface area contributed by atoms with Gasteiger partial charge < -0.3 is 9.73 Å². The van der Waals surface area contributed by atoms with Crippen LogP contribution in [0.2, 0.25) is 10.0 Å². The Morgan fingerprint density at radius 3 is 2.63 bits per heavy atom. The minimum Gasteiger partial charge on any atom is -0.457 e. The SMILES string of the molecule is N#C/C(=C\c1ccc(-c2ccccc2F)o1)C(=O)Nc1ccc(Cl)cc1Cl. The van der Waals surface area contributed by atoms with E-state index in [1.54, 1.807) is 36.4 Å². The lowest BCUT2D eigenvalue weighted by Crippen LogP contribution is -2.13. The Bertz CT molecular complexity index is 1080. The number of amides is 1. The number of nitrogens with one attached hydrogen (secondary N) is 1. The summed E-state index contributed by atoms with van der Waals surface area (Å²) in [7, 11) is 0. The number of anilines is 1. The molecule has 0 saturated heterocycles. The Morgan fingerprint density at radius 1 is 1.15 bits per heavy atom. The quantitative estimate of drug-likeness (QED) is 0.435.